The van der Waals surface area contributed by atoms with E-state index in [0.29, 0.717) is 6.04 Å². The van der Waals surface area contributed by atoms with Gasteiger partial charge >= 0.3 is 0 Å². The van der Waals surface area contributed by atoms with Crippen molar-refractivity contribution in [3.63, 3.8) is 0 Å². The predicted octanol–water partition coefficient (Wildman–Crippen LogP) is 3.85. The van der Waals surface area contributed by atoms with E-state index in [1.807, 2.05) is 0 Å². The second-order valence-corrected chi connectivity index (χ2v) is 4.01. The third-order valence-corrected chi connectivity index (χ3v) is 2.64. The lowest BCUT2D eigenvalue weighted by molar-refractivity contribution is 0.234. The molecule has 0 aromatic rings. The van der Waals surface area contributed by atoms with Gasteiger partial charge in [-0.3, -0.25) is 4.90 Å². The van der Waals surface area contributed by atoms with Crippen molar-refractivity contribution in [1.82, 2.24) is 4.90 Å². The van der Waals surface area contributed by atoms with E-state index < -0.39 is 0 Å². The van der Waals surface area contributed by atoms with E-state index in [-0.39, 0.29) is 0 Å². The molecular formula is C13H27N. The molecule has 1 atom stereocenters. The fraction of sp³-hybridized carbons (Fsp3) is 0.846. The quantitative estimate of drug-likeness (QED) is 0.534. The lowest BCUT2D eigenvalue weighted by Crippen LogP contribution is -2.33. The Morgan fingerprint density at radius 1 is 1.07 bits per heavy atom. The van der Waals surface area contributed by atoms with Gasteiger partial charge in [-0.2, -0.15) is 0 Å². The van der Waals surface area contributed by atoms with E-state index in [9.17, 15) is 0 Å². The summed E-state index contributed by atoms with van der Waals surface area (Å²) in [4.78, 5) is 2.59. The molecule has 0 saturated carbocycles. The molecule has 0 aromatic carbocycles. The Bertz CT molecular complexity index is 132. The van der Waals surface area contributed by atoms with Crippen LogP contribution in [-0.4, -0.2) is 24.0 Å². The lowest BCUT2D eigenvalue weighted by atomic mass is 10.2. The molecule has 0 aromatic heterocycles. The van der Waals surface area contributed by atoms with E-state index in [1.54, 1.807) is 0 Å². The van der Waals surface area contributed by atoms with Crippen molar-refractivity contribution < 1.29 is 0 Å². The van der Waals surface area contributed by atoms with Crippen LogP contribution in [0.2, 0.25) is 0 Å². The number of nitrogens with zero attached hydrogens (tertiary/aromatic N) is 1. The van der Waals surface area contributed by atoms with Crippen LogP contribution in [0.5, 0.6) is 0 Å². The Hall–Kier alpha value is -0.300. The Kier molecular flexibility index (Phi) is 9.06. The predicted molar refractivity (Wildman–Crippen MR) is 65.7 cm³/mol. The van der Waals surface area contributed by atoms with Gasteiger partial charge in [0.25, 0.3) is 0 Å². The highest BCUT2D eigenvalue weighted by Gasteiger charge is 2.08. The lowest BCUT2D eigenvalue weighted by Gasteiger charge is -2.26. The van der Waals surface area contributed by atoms with Crippen LogP contribution in [0, 0.1) is 0 Å². The maximum absolute atomic E-state index is 2.59. The van der Waals surface area contributed by atoms with Crippen LogP contribution in [-0.2, 0) is 0 Å². The number of rotatable bonds is 8. The van der Waals surface area contributed by atoms with E-state index in [2.05, 4.69) is 44.7 Å². The molecule has 0 heterocycles. The van der Waals surface area contributed by atoms with Gasteiger partial charge in [0.15, 0.2) is 0 Å². The van der Waals surface area contributed by atoms with Crippen LogP contribution in [0.1, 0.15) is 53.4 Å². The molecule has 0 aliphatic carbocycles. The van der Waals surface area contributed by atoms with E-state index in [1.165, 1.54) is 38.8 Å². The zero-order valence-corrected chi connectivity index (χ0v) is 10.4. The second kappa shape index (κ2) is 9.26. The fourth-order valence-corrected chi connectivity index (χ4v) is 1.64. The average molecular weight is 197 g/mol. The maximum atomic E-state index is 2.59. The summed E-state index contributed by atoms with van der Waals surface area (Å²) >= 11 is 0. The summed E-state index contributed by atoms with van der Waals surface area (Å²) in [5.41, 5.74) is 0. The highest BCUT2D eigenvalue weighted by Crippen LogP contribution is 2.05. The second-order valence-electron chi connectivity index (χ2n) is 4.01. The number of allylic oxidation sites excluding steroid dienone is 1. The molecule has 0 aliphatic heterocycles. The SMILES string of the molecule is C/C=C/C(C)N(CCCC)CCCC. The number of hydrogen-bond acceptors (Lipinski definition) is 1. The van der Waals surface area contributed by atoms with Crippen molar-refractivity contribution in [2.45, 2.75) is 59.4 Å². The number of unbranched alkanes of at least 4 members (excludes halogenated alkanes) is 2. The molecule has 0 aliphatic rings. The minimum Gasteiger partial charge on any atom is -0.297 e. The summed E-state index contributed by atoms with van der Waals surface area (Å²) in [6, 6.07) is 0.609. The first-order valence-corrected chi connectivity index (χ1v) is 6.13. The first kappa shape index (κ1) is 13.7. The van der Waals surface area contributed by atoms with Crippen molar-refractivity contribution in [2.24, 2.45) is 0 Å². The van der Waals surface area contributed by atoms with Gasteiger partial charge in [-0.1, -0.05) is 38.8 Å². The molecular weight excluding hydrogens is 170 g/mol. The van der Waals surface area contributed by atoms with Gasteiger partial charge in [-0.25, -0.2) is 0 Å². The largest absolute Gasteiger partial charge is 0.297 e. The van der Waals surface area contributed by atoms with Crippen molar-refractivity contribution in [1.29, 1.82) is 0 Å². The Morgan fingerprint density at radius 3 is 1.93 bits per heavy atom. The zero-order chi connectivity index (χ0) is 10.8. The molecule has 84 valence electrons. The Labute approximate surface area is 90.2 Å². The average Bonchev–Trinajstić information content (AvgIpc) is 2.18. The standard InChI is InChI=1S/C13H27N/c1-5-8-11-14(12-9-6-2)13(4)10-7-3/h7,10,13H,5-6,8-9,11-12H2,1-4H3/b10-7+. The molecule has 0 radical (unpaired) electrons. The summed E-state index contributed by atoms with van der Waals surface area (Å²) in [6.45, 7) is 11.4. The molecule has 0 rings (SSSR count). The highest BCUT2D eigenvalue weighted by molar-refractivity contribution is 4.89. The van der Waals surface area contributed by atoms with Crippen LogP contribution in [0.3, 0.4) is 0 Å². The van der Waals surface area contributed by atoms with Crippen molar-refractivity contribution in [3.8, 4) is 0 Å². The van der Waals surface area contributed by atoms with Gasteiger partial charge in [0.2, 0.25) is 0 Å². The molecule has 0 N–H and O–H groups in total. The molecule has 0 fully saturated rings. The normalized spacial score (nSPS) is 14.1. The monoisotopic (exact) mass is 197 g/mol. The summed E-state index contributed by atoms with van der Waals surface area (Å²) in [5.74, 6) is 0. The van der Waals surface area contributed by atoms with E-state index >= 15 is 0 Å². The first-order chi connectivity index (χ1) is 6.76. The molecule has 1 unspecified atom stereocenters. The minimum absolute atomic E-state index is 0.609. The zero-order valence-electron chi connectivity index (χ0n) is 10.4. The smallest absolute Gasteiger partial charge is 0.0249 e. The molecule has 0 spiro atoms. The van der Waals surface area contributed by atoms with E-state index in [4.69, 9.17) is 0 Å². The summed E-state index contributed by atoms with van der Waals surface area (Å²) in [7, 11) is 0. The van der Waals surface area contributed by atoms with Gasteiger partial charge in [-0.05, 0) is 39.8 Å². The third kappa shape index (κ3) is 6.20. The summed E-state index contributed by atoms with van der Waals surface area (Å²) in [5, 5.41) is 0. The van der Waals surface area contributed by atoms with Gasteiger partial charge in [0.1, 0.15) is 0 Å². The van der Waals surface area contributed by atoms with Crippen LogP contribution in [0.4, 0.5) is 0 Å². The van der Waals surface area contributed by atoms with Crippen molar-refractivity contribution in [3.05, 3.63) is 12.2 Å². The molecule has 1 nitrogen and oxygen atoms in total. The molecule has 0 bridgehead atoms. The topological polar surface area (TPSA) is 3.24 Å². The molecule has 14 heavy (non-hydrogen) atoms. The summed E-state index contributed by atoms with van der Waals surface area (Å²) < 4.78 is 0. The van der Waals surface area contributed by atoms with E-state index in [0.717, 1.165) is 0 Å². The maximum Gasteiger partial charge on any atom is 0.0249 e. The Balaban J connectivity index is 3.93. The van der Waals surface area contributed by atoms with Crippen LogP contribution >= 0.6 is 0 Å². The molecule has 0 amide bonds. The molecule has 1 heteroatoms. The van der Waals surface area contributed by atoms with Crippen LogP contribution < -0.4 is 0 Å². The van der Waals surface area contributed by atoms with Gasteiger partial charge < -0.3 is 0 Å². The van der Waals surface area contributed by atoms with Crippen LogP contribution in [0.25, 0.3) is 0 Å². The fourth-order valence-electron chi connectivity index (χ4n) is 1.64. The Morgan fingerprint density at radius 2 is 1.57 bits per heavy atom. The summed E-state index contributed by atoms with van der Waals surface area (Å²) in [6.07, 6.45) is 9.70. The third-order valence-electron chi connectivity index (χ3n) is 2.64. The van der Waals surface area contributed by atoms with Gasteiger partial charge in [0.05, 0.1) is 0 Å². The van der Waals surface area contributed by atoms with Crippen molar-refractivity contribution >= 4 is 0 Å². The van der Waals surface area contributed by atoms with Gasteiger partial charge in [-0.15, -0.1) is 0 Å². The number of hydrogen-bond donors (Lipinski definition) is 0. The molecule has 0 saturated heterocycles. The van der Waals surface area contributed by atoms with Crippen molar-refractivity contribution in [2.75, 3.05) is 13.1 Å². The first-order valence-electron chi connectivity index (χ1n) is 6.13. The van der Waals surface area contributed by atoms with Gasteiger partial charge in [0, 0.05) is 6.04 Å². The van der Waals surface area contributed by atoms with Crippen LogP contribution in [0.15, 0.2) is 12.2 Å². The highest BCUT2D eigenvalue weighted by atomic mass is 15.1. The minimum atomic E-state index is 0.609.